The van der Waals surface area contributed by atoms with E-state index in [2.05, 4.69) is 19.0 Å². The fourth-order valence-corrected chi connectivity index (χ4v) is 3.88. The van der Waals surface area contributed by atoms with Crippen LogP contribution in [0.4, 0.5) is 0 Å². The average molecular weight is 310 g/mol. The van der Waals surface area contributed by atoms with Gasteiger partial charge in [0.1, 0.15) is 0 Å². The maximum atomic E-state index is 12.5. The molecule has 1 aromatic rings. The molecule has 1 aliphatic rings. The number of rotatable bonds is 5. The minimum atomic E-state index is 0.165. The highest BCUT2D eigenvalue weighted by Crippen LogP contribution is 2.31. The fourth-order valence-electron chi connectivity index (χ4n) is 3.04. The number of piperidine rings is 1. The van der Waals surface area contributed by atoms with Gasteiger partial charge in [-0.2, -0.15) is 0 Å². The minimum absolute atomic E-state index is 0.165. The van der Waals surface area contributed by atoms with Gasteiger partial charge in [-0.1, -0.05) is 0 Å². The van der Waals surface area contributed by atoms with E-state index in [0.29, 0.717) is 0 Å². The topological polar surface area (TPSA) is 32.8 Å². The van der Waals surface area contributed by atoms with Crippen LogP contribution >= 0.6 is 11.3 Å². The first-order valence-corrected chi connectivity index (χ1v) is 8.32. The maximum absolute atomic E-state index is 12.5. The number of hydrogen-bond acceptors (Lipinski definition) is 4. The zero-order valence-electron chi connectivity index (χ0n) is 13.5. The number of thiophene rings is 1. The van der Waals surface area contributed by atoms with Crippen LogP contribution < -0.4 is 0 Å². The predicted octanol–water partition coefficient (Wildman–Crippen LogP) is 2.63. The minimum Gasteiger partial charge on any atom is -0.385 e. The molecule has 0 aliphatic carbocycles. The van der Waals surface area contributed by atoms with Gasteiger partial charge in [-0.3, -0.25) is 4.79 Å². The molecule has 2 rings (SSSR count). The summed E-state index contributed by atoms with van der Waals surface area (Å²) >= 11 is 1.59. The van der Waals surface area contributed by atoms with E-state index in [0.717, 1.165) is 43.8 Å². The normalized spacial score (nSPS) is 18.2. The highest BCUT2D eigenvalue weighted by atomic mass is 32.1. The van der Waals surface area contributed by atoms with Crippen LogP contribution in [0.5, 0.6) is 0 Å². The van der Waals surface area contributed by atoms with Crippen molar-refractivity contribution in [1.82, 2.24) is 9.80 Å². The maximum Gasteiger partial charge on any atom is 0.263 e. The van der Waals surface area contributed by atoms with Gasteiger partial charge in [0.05, 0.1) is 4.88 Å². The number of methoxy groups -OCH3 is 1. The summed E-state index contributed by atoms with van der Waals surface area (Å²) in [4.78, 5) is 18.9. The van der Waals surface area contributed by atoms with E-state index in [1.165, 1.54) is 4.88 Å². The molecular weight excluding hydrogens is 284 g/mol. The molecule has 1 fully saturated rings. The summed E-state index contributed by atoms with van der Waals surface area (Å²) in [5, 5.41) is 0. The second kappa shape index (κ2) is 6.90. The van der Waals surface area contributed by atoms with Crippen LogP contribution in [-0.2, 0) is 4.74 Å². The van der Waals surface area contributed by atoms with Crippen molar-refractivity contribution in [2.75, 3.05) is 40.9 Å². The molecule has 1 aliphatic heterocycles. The van der Waals surface area contributed by atoms with Crippen LogP contribution in [0.2, 0.25) is 0 Å². The third-order valence-corrected chi connectivity index (χ3v) is 5.64. The standard InChI is InChI=1S/C16H26N2O2S/c1-13-5-6-14(21-13)15(19)18-10-7-16(8-11-18,17(2)3)9-12-20-4/h5-6H,7-12H2,1-4H3. The van der Waals surface area contributed by atoms with E-state index >= 15 is 0 Å². The highest BCUT2D eigenvalue weighted by molar-refractivity contribution is 7.13. The van der Waals surface area contributed by atoms with Crippen LogP contribution in [0.3, 0.4) is 0 Å². The summed E-state index contributed by atoms with van der Waals surface area (Å²) < 4.78 is 5.26. The second-order valence-corrected chi connectivity index (χ2v) is 7.35. The highest BCUT2D eigenvalue weighted by Gasteiger charge is 2.37. The Kier molecular flexibility index (Phi) is 5.41. The van der Waals surface area contributed by atoms with Gasteiger partial charge in [0, 0.05) is 37.2 Å². The molecular formula is C16H26N2O2S. The van der Waals surface area contributed by atoms with Gasteiger partial charge < -0.3 is 14.5 Å². The van der Waals surface area contributed by atoms with E-state index < -0.39 is 0 Å². The van der Waals surface area contributed by atoms with Crippen molar-refractivity contribution in [1.29, 1.82) is 0 Å². The molecule has 4 nitrogen and oxygen atoms in total. The van der Waals surface area contributed by atoms with Gasteiger partial charge in [-0.15, -0.1) is 11.3 Å². The van der Waals surface area contributed by atoms with Crippen LogP contribution in [-0.4, -0.2) is 62.1 Å². The van der Waals surface area contributed by atoms with Crippen molar-refractivity contribution in [3.05, 3.63) is 21.9 Å². The van der Waals surface area contributed by atoms with Crippen molar-refractivity contribution in [2.24, 2.45) is 0 Å². The summed E-state index contributed by atoms with van der Waals surface area (Å²) in [5.74, 6) is 0.187. The van der Waals surface area contributed by atoms with Gasteiger partial charge in [-0.25, -0.2) is 0 Å². The number of amides is 1. The van der Waals surface area contributed by atoms with Gasteiger partial charge in [-0.05, 0) is 52.4 Å². The Hall–Kier alpha value is -0.910. The summed E-state index contributed by atoms with van der Waals surface area (Å²) in [6, 6.07) is 3.96. The zero-order chi connectivity index (χ0) is 15.5. The summed E-state index contributed by atoms with van der Waals surface area (Å²) in [6.07, 6.45) is 3.05. The fraction of sp³-hybridized carbons (Fsp3) is 0.688. The molecule has 0 aromatic carbocycles. The number of ether oxygens (including phenoxy) is 1. The molecule has 0 radical (unpaired) electrons. The van der Waals surface area contributed by atoms with Crippen LogP contribution in [0.1, 0.15) is 33.8 Å². The molecule has 0 unspecified atom stereocenters. The van der Waals surface area contributed by atoms with E-state index in [1.54, 1.807) is 18.4 Å². The zero-order valence-corrected chi connectivity index (χ0v) is 14.3. The third-order valence-electron chi connectivity index (χ3n) is 4.65. The SMILES string of the molecule is COCCC1(N(C)C)CCN(C(=O)c2ccc(C)s2)CC1. The first-order chi connectivity index (χ1) is 9.98. The lowest BCUT2D eigenvalue weighted by Gasteiger charge is -2.46. The lowest BCUT2D eigenvalue weighted by molar-refractivity contribution is 0.0256. The largest absolute Gasteiger partial charge is 0.385 e. The Morgan fingerprint density at radius 2 is 2.05 bits per heavy atom. The Morgan fingerprint density at radius 1 is 1.38 bits per heavy atom. The molecule has 118 valence electrons. The quantitative estimate of drug-likeness (QED) is 0.838. The van der Waals surface area contributed by atoms with E-state index in [9.17, 15) is 4.79 Å². The van der Waals surface area contributed by atoms with Gasteiger partial charge in [0.2, 0.25) is 0 Å². The first-order valence-electron chi connectivity index (χ1n) is 7.50. The van der Waals surface area contributed by atoms with Crippen molar-refractivity contribution in [3.63, 3.8) is 0 Å². The molecule has 0 bridgehead atoms. The average Bonchev–Trinajstić information content (AvgIpc) is 2.91. The Balaban J connectivity index is 1.99. The van der Waals surface area contributed by atoms with Crippen molar-refractivity contribution in [2.45, 2.75) is 31.7 Å². The first kappa shape index (κ1) is 16.5. The molecule has 0 spiro atoms. The number of aryl methyl sites for hydroxylation is 1. The van der Waals surface area contributed by atoms with Gasteiger partial charge in [0.25, 0.3) is 5.91 Å². The molecule has 0 N–H and O–H groups in total. The van der Waals surface area contributed by atoms with Crippen molar-refractivity contribution >= 4 is 17.2 Å². The van der Waals surface area contributed by atoms with E-state index in [1.807, 2.05) is 24.0 Å². The summed E-state index contributed by atoms with van der Waals surface area (Å²) in [5.41, 5.74) is 0.165. The number of carbonyl (C=O) groups excluding carboxylic acids is 1. The van der Waals surface area contributed by atoms with E-state index in [-0.39, 0.29) is 11.4 Å². The molecule has 0 atom stereocenters. The molecule has 5 heteroatoms. The lowest BCUT2D eigenvalue weighted by atomic mass is 9.83. The lowest BCUT2D eigenvalue weighted by Crippen LogP contribution is -2.54. The van der Waals surface area contributed by atoms with Crippen LogP contribution in [0.25, 0.3) is 0 Å². The van der Waals surface area contributed by atoms with Crippen LogP contribution in [0, 0.1) is 6.92 Å². The number of hydrogen-bond donors (Lipinski definition) is 0. The number of carbonyl (C=O) groups is 1. The number of likely N-dealkylation sites (tertiary alicyclic amines) is 1. The van der Waals surface area contributed by atoms with E-state index in [4.69, 9.17) is 4.74 Å². The molecule has 21 heavy (non-hydrogen) atoms. The second-order valence-electron chi connectivity index (χ2n) is 6.06. The molecule has 2 heterocycles. The molecule has 0 saturated carbocycles. The smallest absolute Gasteiger partial charge is 0.263 e. The third kappa shape index (κ3) is 3.65. The monoisotopic (exact) mass is 310 g/mol. The van der Waals surface area contributed by atoms with Crippen LogP contribution in [0.15, 0.2) is 12.1 Å². The van der Waals surface area contributed by atoms with Crippen molar-refractivity contribution < 1.29 is 9.53 Å². The van der Waals surface area contributed by atoms with Gasteiger partial charge >= 0.3 is 0 Å². The predicted molar refractivity (Wildman–Crippen MR) is 87.1 cm³/mol. The van der Waals surface area contributed by atoms with Gasteiger partial charge in [0.15, 0.2) is 0 Å². The summed E-state index contributed by atoms with van der Waals surface area (Å²) in [6.45, 7) is 4.48. The Bertz CT molecular complexity index is 476. The number of nitrogens with zero attached hydrogens (tertiary/aromatic N) is 2. The summed E-state index contributed by atoms with van der Waals surface area (Å²) in [7, 11) is 6.02. The molecule has 1 amide bonds. The van der Waals surface area contributed by atoms with Crippen molar-refractivity contribution in [3.8, 4) is 0 Å². The molecule has 1 aromatic heterocycles. The molecule has 1 saturated heterocycles. The Morgan fingerprint density at radius 3 is 2.52 bits per heavy atom. The Labute approximate surface area is 131 Å².